The molecule has 33 heavy (non-hydrogen) atoms. The molecular weight excluding hydrogens is 419 g/mol. The number of benzene rings is 3. The molecule has 0 aromatic heterocycles. The zero-order valence-electron chi connectivity index (χ0n) is 18.7. The molecule has 2 N–H and O–H groups in total. The number of hydrogen-bond donors (Lipinski definition) is 2. The van der Waals surface area contributed by atoms with Gasteiger partial charge in [0.05, 0.1) is 6.04 Å². The largest absolute Gasteiger partial charge is 0.378 e. The summed E-state index contributed by atoms with van der Waals surface area (Å²) in [6.07, 6.45) is 0.932. The van der Waals surface area contributed by atoms with Crippen molar-refractivity contribution in [3.63, 3.8) is 0 Å². The summed E-state index contributed by atoms with van der Waals surface area (Å²) in [5.41, 5.74) is 4.91. The highest BCUT2D eigenvalue weighted by atomic mass is 19.1. The molecule has 0 bridgehead atoms. The van der Waals surface area contributed by atoms with E-state index in [1.165, 1.54) is 29.8 Å². The Morgan fingerprint density at radius 3 is 2.36 bits per heavy atom. The number of carbonyl (C=O) groups is 2. The van der Waals surface area contributed by atoms with Gasteiger partial charge in [-0.3, -0.25) is 9.59 Å². The van der Waals surface area contributed by atoms with Crippen LogP contribution in [0.15, 0.2) is 72.8 Å². The van der Waals surface area contributed by atoms with Gasteiger partial charge in [-0.1, -0.05) is 30.3 Å². The van der Waals surface area contributed by atoms with Crippen molar-refractivity contribution < 1.29 is 14.0 Å². The normalized spacial score (nSPS) is 13.2. The van der Waals surface area contributed by atoms with E-state index in [2.05, 4.69) is 39.8 Å². The Balaban J connectivity index is 1.50. The second-order valence-electron chi connectivity index (χ2n) is 8.24. The van der Waals surface area contributed by atoms with Crippen molar-refractivity contribution in [3.05, 3.63) is 89.7 Å². The van der Waals surface area contributed by atoms with Crippen LogP contribution >= 0.6 is 0 Å². The van der Waals surface area contributed by atoms with E-state index in [0.717, 1.165) is 29.9 Å². The number of halogens is 1. The highest BCUT2D eigenvalue weighted by Gasteiger charge is 2.28. The van der Waals surface area contributed by atoms with E-state index in [9.17, 15) is 14.0 Å². The van der Waals surface area contributed by atoms with Crippen molar-refractivity contribution in [1.82, 2.24) is 5.32 Å². The van der Waals surface area contributed by atoms with Gasteiger partial charge in [0.25, 0.3) is 0 Å². The second-order valence-corrected chi connectivity index (χ2v) is 8.24. The van der Waals surface area contributed by atoms with Gasteiger partial charge in [0.1, 0.15) is 5.82 Å². The maximum atomic E-state index is 13.1. The van der Waals surface area contributed by atoms with Crippen LogP contribution in [0.1, 0.15) is 17.2 Å². The zero-order valence-corrected chi connectivity index (χ0v) is 18.7. The summed E-state index contributed by atoms with van der Waals surface area (Å²) in [6.45, 7) is 1.10. The number of nitrogens with zero attached hydrogens (tertiary/aromatic N) is 2. The molecule has 1 aliphatic heterocycles. The summed E-state index contributed by atoms with van der Waals surface area (Å²) in [4.78, 5) is 29.2. The van der Waals surface area contributed by atoms with Crippen molar-refractivity contribution in [2.75, 3.05) is 42.3 Å². The molecule has 0 aliphatic carbocycles. The fourth-order valence-electron chi connectivity index (χ4n) is 4.08. The lowest BCUT2D eigenvalue weighted by Crippen LogP contribution is -2.41. The first-order valence-electron chi connectivity index (χ1n) is 10.9. The van der Waals surface area contributed by atoms with Crippen molar-refractivity contribution in [2.45, 2.75) is 12.5 Å². The molecule has 6 nitrogen and oxygen atoms in total. The van der Waals surface area contributed by atoms with Gasteiger partial charge >= 0.3 is 11.8 Å². The molecule has 1 heterocycles. The Morgan fingerprint density at radius 2 is 1.67 bits per heavy atom. The molecule has 4 rings (SSSR count). The third-order valence-corrected chi connectivity index (χ3v) is 5.86. The molecule has 3 aromatic rings. The van der Waals surface area contributed by atoms with Gasteiger partial charge in [-0.25, -0.2) is 4.39 Å². The molecule has 0 saturated heterocycles. The van der Waals surface area contributed by atoms with E-state index < -0.39 is 17.6 Å². The third-order valence-electron chi connectivity index (χ3n) is 5.86. The number of anilines is 3. The van der Waals surface area contributed by atoms with E-state index in [1.54, 1.807) is 0 Å². The maximum absolute atomic E-state index is 13.1. The standard InChI is InChI=1S/C26H27FN4O2/c1-30(2)22-13-7-19(8-14-22)24(31-16-15-18-5-3-4-6-23(18)31)17-28-25(32)26(33)29-21-11-9-20(27)10-12-21/h3-14,24H,15-17H2,1-2H3,(H,28,32)(H,29,33)/t24-/m0/s1. The van der Waals surface area contributed by atoms with E-state index in [4.69, 9.17) is 0 Å². The molecule has 0 saturated carbocycles. The van der Waals surface area contributed by atoms with Crippen LogP contribution in [0.25, 0.3) is 0 Å². The highest BCUT2D eigenvalue weighted by Crippen LogP contribution is 2.35. The molecule has 1 atom stereocenters. The van der Waals surface area contributed by atoms with Crippen molar-refractivity contribution in [3.8, 4) is 0 Å². The summed E-state index contributed by atoms with van der Waals surface area (Å²) in [5, 5.41) is 5.28. The highest BCUT2D eigenvalue weighted by molar-refractivity contribution is 6.39. The Bertz CT molecular complexity index is 1130. The van der Waals surface area contributed by atoms with E-state index >= 15 is 0 Å². The van der Waals surface area contributed by atoms with Gasteiger partial charge in [-0.2, -0.15) is 0 Å². The molecule has 1 aliphatic rings. The molecular formula is C26H27FN4O2. The summed E-state index contributed by atoms with van der Waals surface area (Å²) in [7, 11) is 3.98. The number of carbonyl (C=O) groups excluding carboxylic acids is 2. The first-order valence-corrected chi connectivity index (χ1v) is 10.9. The van der Waals surface area contributed by atoms with Gasteiger partial charge in [0.15, 0.2) is 0 Å². The van der Waals surface area contributed by atoms with Gasteiger partial charge < -0.3 is 20.4 Å². The van der Waals surface area contributed by atoms with E-state index in [1.807, 2.05) is 43.3 Å². The summed E-state index contributed by atoms with van der Waals surface area (Å²) < 4.78 is 13.1. The van der Waals surface area contributed by atoms with Crippen LogP contribution in [-0.4, -0.2) is 39.0 Å². The van der Waals surface area contributed by atoms with Crippen LogP contribution in [0.2, 0.25) is 0 Å². The van der Waals surface area contributed by atoms with Gasteiger partial charge in [0, 0.05) is 44.2 Å². The first-order chi connectivity index (χ1) is 15.9. The van der Waals surface area contributed by atoms with E-state index in [-0.39, 0.29) is 12.6 Å². The number of amides is 2. The number of hydrogen-bond acceptors (Lipinski definition) is 4. The zero-order chi connectivity index (χ0) is 23.4. The average molecular weight is 447 g/mol. The van der Waals surface area contributed by atoms with Gasteiger partial charge in [0.2, 0.25) is 0 Å². The first kappa shape index (κ1) is 22.3. The van der Waals surface area contributed by atoms with Crippen molar-refractivity contribution in [1.29, 1.82) is 0 Å². The van der Waals surface area contributed by atoms with E-state index in [0.29, 0.717) is 5.69 Å². The minimum atomic E-state index is -0.787. The summed E-state index contributed by atoms with van der Waals surface area (Å²) in [5.74, 6) is -1.93. The SMILES string of the molecule is CN(C)c1ccc([C@H](CNC(=O)C(=O)Nc2ccc(F)cc2)N2CCc3ccccc32)cc1. The molecule has 170 valence electrons. The fourth-order valence-corrected chi connectivity index (χ4v) is 4.08. The molecule has 0 spiro atoms. The van der Waals surface area contributed by atoms with Crippen LogP contribution in [0.4, 0.5) is 21.5 Å². The molecule has 2 amide bonds. The Hall–Kier alpha value is -3.87. The van der Waals surface area contributed by atoms with Crippen molar-refractivity contribution in [2.24, 2.45) is 0 Å². The quantitative estimate of drug-likeness (QED) is 0.566. The fraction of sp³-hybridized carbons (Fsp3) is 0.231. The molecule has 0 radical (unpaired) electrons. The monoisotopic (exact) mass is 446 g/mol. The second kappa shape index (κ2) is 9.73. The number of fused-ring (bicyclic) bond motifs is 1. The Kier molecular flexibility index (Phi) is 6.58. The lowest BCUT2D eigenvalue weighted by Gasteiger charge is -2.31. The van der Waals surface area contributed by atoms with Crippen LogP contribution < -0.4 is 20.4 Å². The Morgan fingerprint density at radius 1 is 0.970 bits per heavy atom. The molecule has 7 heteroatoms. The third kappa shape index (κ3) is 5.14. The smallest absolute Gasteiger partial charge is 0.313 e. The predicted molar refractivity (Wildman–Crippen MR) is 129 cm³/mol. The average Bonchev–Trinajstić information content (AvgIpc) is 3.25. The van der Waals surface area contributed by atoms with Crippen LogP contribution in [0.3, 0.4) is 0 Å². The number of rotatable bonds is 6. The van der Waals surface area contributed by atoms with Crippen LogP contribution in [0, 0.1) is 5.82 Å². The van der Waals surface area contributed by atoms with Crippen LogP contribution in [-0.2, 0) is 16.0 Å². The number of nitrogens with one attached hydrogen (secondary N) is 2. The minimum Gasteiger partial charge on any atom is -0.378 e. The summed E-state index contributed by atoms with van der Waals surface area (Å²) in [6, 6.07) is 21.6. The predicted octanol–water partition coefficient (Wildman–Crippen LogP) is 3.75. The molecule has 3 aromatic carbocycles. The lowest BCUT2D eigenvalue weighted by atomic mass is 10.0. The number of para-hydroxylation sites is 1. The minimum absolute atomic E-state index is 0.132. The van der Waals surface area contributed by atoms with Crippen LogP contribution in [0.5, 0.6) is 0 Å². The summed E-state index contributed by atoms with van der Waals surface area (Å²) >= 11 is 0. The molecule has 0 fully saturated rings. The topological polar surface area (TPSA) is 64.7 Å². The van der Waals surface area contributed by atoms with Gasteiger partial charge in [-0.15, -0.1) is 0 Å². The molecule has 0 unspecified atom stereocenters. The van der Waals surface area contributed by atoms with Gasteiger partial charge in [-0.05, 0) is 60.0 Å². The van der Waals surface area contributed by atoms with Crippen molar-refractivity contribution >= 4 is 28.9 Å². The lowest BCUT2D eigenvalue weighted by molar-refractivity contribution is -0.136. The maximum Gasteiger partial charge on any atom is 0.313 e. The Labute approximate surface area is 193 Å².